The summed E-state index contributed by atoms with van der Waals surface area (Å²) in [4.78, 5) is 0. The Balaban J connectivity index is 2.07. The number of benzene rings is 2. The van der Waals surface area contributed by atoms with E-state index in [1.807, 2.05) is 36.4 Å². The second-order valence-corrected chi connectivity index (χ2v) is 5.76. The fraction of sp³-hybridized carbons (Fsp3) is 0.333. The van der Waals surface area contributed by atoms with Crippen molar-refractivity contribution in [2.24, 2.45) is 0 Å². The van der Waals surface area contributed by atoms with Crippen molar-refractivity contribution in [3.8, 4) is 0 Å². The molecule has 2 rings (SSSR count). The fourth-order valence-electron chi connectivity index (χ4n) is 2.29. The minimum atomic E-state index is -0.487. The first-order valence-corrected chi connectivity index (χ1v) is 7.50. The molecule has 106 valence electrons. The van der Waals surface area contributed by atoms with Crippen molar-refractivity contribution in [3.05, 3.63) is 70.2 Å². The topological polar surface area (TPSA) is 20.2 Å². The van der Waals surface area contributed by atoms with Crippen LogP contribution in [0, 0.1) is 0 Å². The zero-order chi connectivity index (χ0) is 14.5. The van der Waals surface area contributed by atoms with Gasteiger partial charge in [0.1, 0.15) is 0 Å². The average Bonchev–Trinajstić information content (AvgIpc) is 2.46. The van der Waals surface area contributed by atoms with E-state index in [1.54, 1.807) is 0 Å². The molecule has 0 aromatic heterocycles. The SMILES string of the molecule is CCC(C)c1ccc(C(O)Cc2cccc(Cl)c2)cc1. The minimum absolute atomic E-state index is 0.487. The molecule has 0 spiro atoms. The van der Waals surface area contributed by atoms with E-state index in [0.29, 0.717) is 17.4 Å². The first kappa shape index (κ1) is 15.1. The molecule has 0 amide bonds. The van der Waals surface area contributed by atoms with Crippen LogP contribution in [-0.4, -0.2) is 5.11 Å². The molecule has 0 heterocycles. The van der Waals surface area contributed by atoms with E-state index in [1.165, 1.54) is 5.56 Å². The highest BCUT2D eigenvalue weighted by Crippen LogP contribution is 2.24. The third-order valence-corrected chi connectivity index (χ3v) is 4.06. The van der Waals surface area contributed by atoms with E-state index < -0.39 is 6.10 Å². The Morgan fingerprint density at radius 1 is 1.05 bits per heavy atom. The summed E-state index contributed by atoms with van der Waals surface area (Å²) in [5.74, 6) is 0.564. The van der Waals surface area contributed by atoms with Gasteiger partial charge in [-0.3, -0.25) is 0 Å². The van der Waals surface area contributed by atoms with Crippen molar-refractivity contribution < 1.29 is 5.11 Å². The molecular weight excluding hydrogens is 268 g/mol. The average molecular weight is 289 g/mol. The van der Waals surface area contributed by atoms with Gasteiger partial charge in [-0.1, -0.05) is 61.8 Å². The van der Waals surface area contributed by atoms with Gasteiger partial charge in [0, 0.05) is 11.4 Å². The van der Waals surface area contributed by atoms with Crippen molar-refractivity contribution in [2.75, 3.05) is 0 Å². The molecule has 0 saturated heterocycles. The van der Waals surface area contributed by atoms with Gasteiger partial charge >= 0.3 is 0 Å². The highest BCUT2D eigenvalue weighted by molar-refractivity contribution is 6.30. The van der Waals surface area contributed by atoms with Crippen molar-refractivity contribution >= 4 is 11.6 Å². The van der Waals surface area contributed by atoms with Crippen molar-refractivity contribution in [3.63, 3.8) is 0 Å². The number of hydrogen-bond donors (Lipinski definition) is 1. The van der Waals surface area contributed by atoms with Crippen LogP contribution in [0.3, 0.4) is 0 Å². The summed E-state index contributed by atoms with van der Waals surface area (Å²) in [5, 5.41) is 11.0. The zero-order valence-corrected chi connectivity index (χ0v) is 12.8. The summed E-state index contributed by atoms with van der Waals surface area (Å²) in [6.07, 6.45) is 1.23. The third-order valence-electron chi connectivity index (χ3n) is 3.82. The predicted molar refractivity (Wildman–Crippen MR) is 85.3 cm³/mol. The van der Waals surface area contributed by atoms with Crippen LogP contribution in [0.15, 0.2) is 48.5 Å². The normalized spacial score (nSPS) is 14.0. The molecule has 0 saturated carbocycles. The Bertz CT molecular complexity index is 548. The number of hydrogen-bond acceptors (Lipinski definition) is 1. The molecule has 2 unspecified atom stereocenters. The third kappa shape index (κ3) is 3.84. The summed E-state index contributed by atoms with van der Waals surface area (Å²) in [6, 6.07) is 15.9. The number of aliphatic hydroxyl groups is 1. The maximum atomic E-state index is 10.3. The van der Waals surface area contributed by atoms with Gasteiger partial charge in [-0.2, -0.15) is 0 Å². The molecule has 0 aliphatic heterocycles. The molecule has 2 aromatic carbocycles. The van der Waals surface area contributed by atoms with Gasteiger partial charge in [-0.05, 0) is 41.2 Å². The van der Waals surface area contributed by atoms with Crippen LogP contribution in [0.2, 0.25) is 5.02 Å². The largest absolute Gasteiger partial charge is 0.388 e. The first-order chi connectivity index (χ1) is 9.60. The summed E-state index contributed by atoms with van der Waals surface area (Å²) in [7, 11) is 0. The Labute approximate surface area is 126 Å². The van der Waals surface area contributed by atoms with Crippen LogP contribution in [0.4, 0.5) is 0 Å². The van der Waals surface area contributed by atoms with Gasteiger partial charge in [0.05, 0.1) is 6.10 Å². The number of aliphatic hydroxyl groups excluding tert-OH is 1. The molecule has 2 aromatic rings. The van der Waals surface area contributed by atoms with E-state index in [4.69, 9.17) is 11.6 Å². The van der Waals surface area contributed by atoms with Gasteiger partial charge in [0.15, 0.2) is 0 Å². The highest BCUT2D eigenvalue weighted by atomic mass is 35.5. The molecule has 20 heavy (non-hydrogen) atoms. The highest BCUT2D eigenvalue weighted by Gasteiger charge is 2.10. The first-order valence-electron chi connectivity index (χ1n) is 7.12. The van der Waals surface area contributed by atoms with Gasteiger partial charge < -0.3 is 5.11 Å². The Kier molecular flexibility index (Phi) is 5.22. The van der Waals surface area contributed by atoms with Crippen molar-refractivity contribution in [1.29, 1.82) is 0 Å². The van der Waals surface area contributed by atoms with Crippen LogP contribution in [0.1, 0.15) is 49.0 Å². The molecule has 2 heteroatoms. The summed E-state index contributed by atoms with van der Waals surface area (Å²) < 4.78 is 0. The Morgan fingerprint density at radius 2 is 1.70 bits per heavy atom. The van der Waals surface area contributed by atoms with Gasteiger partial charge in [-0.25, -0.2) is 0 Å². The van der Waals surface area contributed by atoms with Crippen LogP contribution in [-0.2, 0) is 6.42 Å². The lowest BCUT2D eigenvalue weighted by atomic mass is 9.95. The van der Waals surface area contributed by atoms with Crippen molar-refractivity contribution in [2.45, 2.75) is 38.7 Å². The van der Waals surface area contributed by atoms with Crippen LogP contribution in [0.25, 0.3) is 0 Å². The van der Waals surface area contributed by atoms with E-state index in [2.05, 4.69) is 26.0 Å². The standard InChI is InChI=1S/C18H21ClO/c1-3-13(2)15-7-9-16(10-8-15)18(20)12-14-5-4-6-17(19)11-14/h4-11,13,18,20H,3,12H2,1-2H3. The lowest BCUT2D eigenvalue weighted by Gasteiger charge is -2.14. The minimum Gasteiger partial charge on any atom is -0.388 e. The molecule has 2 atom stereocenters. The molecule has 1 N–H and O–H groups in total. The summed E-state index contributed by atoms with van der Waals surface area (Å²) in [5.41, 5.74) is 3.33. The van der Waals surface area contributed by atoms with E-state index >= 15 is 0 Å². The molecule has 1 nitrogen and oxygen atoms in total. The van der Waals surface area contributed by atoms with Crippen LogP contribution >= 0.6 is 11.6 Å². The Hall–Kier alpha value is -1.31. The van der Waals surface area contributed by atoms with Crippen molar-refractivity contribution in [1.82, 2.24) is 0 Å². The van der Waals surface area contributed by atoms with Crippen LogP contribution in [0.5, 0.6) is 0 Å². The second-order valence-electron chi connectivity index (χ2n) is 5.33. The zero-order valence-electron chi connectivity index (χ0n) is 12.0. The monoisotopic (exact) mass is 288 g/mol. The molecule has 0 bridgehead atoms. The molecule has 0 aliphatic carbocycles. The molecule has 0 fully saturated rings. The van der Waals surface area contributed by atoms with Gasteiger partial charge in [0.2, 0.25) is 0 Å². The summed E-state index contributed by atoms with van der Waals surface area (Å²) >= 11 is 5.96. The van der Waals surface area contributed by atoms with Gasteiger partial charge in [0.25, 0.3) is 0 Å². The fourth-order valence-corrected chi connectivity index (χ4v) is 2.50. The molecular formula is C18H21ClO. The predicted octanol–water partition coefficient (Wildman–Crippen LogP) is 5.13. The lowest BCUT2D eigenvalue weighted by molar-refractivity contribution is 0.178. The van der Waals surface area contributed by atoms with E-state index in [0.717, 1.165) is 17.5 Å². The van der Waals surface area contributed by atoms with E-state index in [9.17, 15) is 5.11 Å². The van der Waals surface area contributed by atoms with Crippen LogP contribution < -0.4 is 0 Å². The quantitative estimate of drug-likeness (QED) is 0.808. The Morgan fingerprint density at radius 3 is 2.30 bits per heavy atom. The maximum Gasteiger partial charge on any atom is 0.0830 e. The number of halogens is 1. The smallest absolute Gasteiger partial charge is 0.0830 e. The maximum absolute atomic E-state index is 10.3. The molecule has 0 aliphatic rings. The lowest BCUT2D eigenvalue weighted by Crippen LogP contribution is -2.02. The number of rotatable bonds is 5. The van der Waals surface area contributed by atoms with E-state index in [-0.39, 0.29) is 0 Å². The second kappa shape index (κ2) is 6.92. The summed E-state index contributed by atoms with van der Waals surface area (Å²) in [6.45, 7) is 4.41. The molecule has 0 radical (unpaired) electrons. The van der Waals surface area contributed by atoms with Gasteiger partial charge in [-0.15, -0.1) is 0 Å².